The van der Waals surface area contributed by atoms with E-state index in [0.29, 0.717) is 31.6 Å². The lowest BCUT2D eigenvalue weighted by Gasteiger charge is -2.21. The average molecular weight is 1480 g/mol. The van der Waals surface area contributed by atoms with Gasteiger partial charge >= 0.3 is 39.5 Å². The van der Waals surface area contributed by atoms with Gasteiger partial charge < -0.3 is 33.8 Å². The van der Waals surface area contributed by atoms with Crippen LogP contribution in [0.4, 0.5) is 0 Å². The Balaban J connectivity index is 5.21. The third-order valence-electron chi connectivity index (χ3n) is 19.6. The zero-order chi connectivity index (χ0) is 74.2. The molecule has 6 atom stereocenters. The number of unbranched alkanes of at least 4 members (excludes halogenated alkanes) is 50. The molecular formula is C82H160O17P2. The van der Waals surface area contributed by atoms with Crippen molar-refractivity contribution in [2.24, 2.45) is 11.8 Å². The maximum absolute atomic E-state index is 13.1. The van der Waals surface area contributed by atoms with E-state index in [2.05, 4.69) is 41.5 Å². The van der Waals surface area contributed by atoms with Crippen LogP contribution in [0.25, 0.3) is 0 Å². The number of hydrogen-bond acceptors (Lipinski definition) is 15. The van der Waals surface area contributed by atoms with E-state index in [0.717, 1.165) is 102 Å². The smallest absolute Gasteiger partial charge is 0.462 e. The molecule has 0 fully saturated rings. The molecule has 0 aliphatic carbocycles. The summed E-state index contributed by atoms with van der Waals surface area (Å²) in [6, 6.07) is 0. The molecule has 0 aromatic rings. The molecule has 3 unspecified atom stereocenters. The molecule has 17 nitrogen and oxygen atoms in total. The molecule has 0 rings (SSSR count). The van der Waals surface area contributed by atoms with E-state index < -0.39 is 97.5 Å². The van der Waals surface area contributed by atoms with Crippen LogP contribution in [0.1, 0.15) is 433 Å². The average Bonchev–Trinajstić information content (AvgIpc) is 1.16. The van der Waals surface area contributed by atoms with E-state index in [4.69, 9.17) is 37.0 Å². The Morgan fingerprint density at radius 3 is 0.752 bits per heavy atom. The first-order valence-electron chi connectivity index (χ1n) is 42.5. The van der Waals surface area contributed by atoms with Gasteiger partial charge in [0.05, 0.1) is 26.4 Å². The molecule has 0 saturated carbocycles. The second-order valence-electron chi connectivity index (χ2n) is 30.2. The van der Waals surface area contributed by atoms with Crippen LogP contribution in [0, 0.1) is 11.8 Å². The maximum Gasteiger partial charge on any atom is 0.472 e. The number of aliphatic hydroxyl groups excluding tert-OH is 1. The summed E-state index contributed by atoms with van der Waals surface area (Å²) in [5.74, 6) is -0.531. The van der Waals surface area contributed by atoms with Crippen molar-refractivity contribution >= 4 is 39.5 Å². The summed E-state index contributed by atoms with van der Waals surface area (Å²) in [7, 11) is -9.92. The lowest BCUT2D eigenvalue weighted by Crippen LogP contribution is -2.30. The molecule has 0 aromatic carbocycles. The monoisotopic (exact) mass is 1480 g/mol. The van der Waals surface area contributed by atoms with Gasteiger partial charge in [0.2, 0.25) is 0 Å². The summed E-state index contributed by atoms with van der Waals surface area (Å²) < 4.78 is 68.7. The Labute approximate surface area is 619 Å². The summed E-state index contributed by atoms with van der Waals surface area (Å²) in [6.07, 6.45) is 63.9. The number of esters is 4. The minimum Gasteiger partial charge on any atom is -0.462 e. The maximum atomic E-state index is 13.1. The Morgan fingerprint density at radius 2 is 0.505 bits per heavy atom. The highest BCUT2D eigenvalue weighted by molar-refractivity contribution is 7.47. The number of carbonyl (C=O) groups excluding carboxylic acids is 4. The van der Waals surface area contributed by atoms with Crippen molar-refractivity contribution in [1.29, 1.82) is 0 Å². The standard InChI is InChI=1S/C82H160O17P2/c1-7-10-12-14-16-18-20-22-23-29-33-36-40-46-52-58-64-79(84)92-70-77(98-82(87)67-61-55-48-42-38-34-30-27-25-24-26-28-32-35-39-45-51-57-63-75(6)9-3)72-96-100(88,89)94-68-76(83)69-95-101(90,91)97-73-78(71-93-80(85)65-59-53-49-43-44-50-56-62-74(4)5)99-81(86)66-60-54-47-41-37-31-21-19-17-15-13-11-8-2/h74-78,83H,7-73H2,1-6H3,(H,88,89)(H,90,91)/t75?,76-,77-,78-/m1/s1. The predicted octanol–water partition coefficient (Wildman–Crippen LogP) is 24.7. The van der Waals surface area contributed by atoms with Crippen LogP contribution in [0.15, 0.2) is 0 Å². The molecule has 0 aliphatic heterocycles. The number of ether oxygens (including phenoxy) is 4. The molecule has 0 saturated heterocycles. The Kier molecular flexibility index (Phi) is 72.2. The quantitative estimate of drug-likeness (QED) is 0.0222. The van der Waals surface area contributed by atoms with E-state index in [-0.39, 0.29) is 25.7 Å². The van der Waals surface area contributed by atoms with Crippen molar-refractivity contribution in [1.82, 2.24) is 0 Å². The second-order valence-corrected chi connectivity index (χ2v) is 33.1. The molecular weight excluding hydrogens is 1320 g/mol. The van der Waals surface area contributed by atoms with E-state index >= 15 is 0 Å². The molecule has 0 aliphatic rings. The SMILES string of the molecule is CCCCCCCCCCCCCCCCCCC(=O)OC[C@H](COP(=O)(O)OC[C@@H](O)COP(=O)(O)OC[C@@H](COC(=O)CCCCCCCCCC(C)C)OC(=O)CCCCCCCCCCCCCCC)OC(=O)CCCCCCCCCCCCCCCCCCCCC(C)CC. The van der Waals surface area contributed by atoms with Crippen LogP contribution in [0.2, 0.25) is 0 Å². The molecule has 0 bridgehead atoms. The van der Waals surface area contributed by atoms with Crippen LogP contribution < -0.4 is 0 Å². The van der Waals surface area contributed by atoms with Crippen molar-refractivity contribution in [2.45, 2.75) is 452 Å². The van der Waals surface area contributed by atoms with Crippen molar-refractivity contribution in [3.05, 3.63) is 0 Å². The van der Waals surface area contributed by atoms with E-state index in [1.807, 2.05) is 0 Å². The summed E-state index contributed by atoms with van der Waals surface area (Å²) in [6.45, 7) is 9.65. The minimum atomic E-state index is -4.96. The van der Waals surface area contributed by atoms with Gasteiger partial charge in [-0.25, -0.2) is 9.13 Å². The predicted molar refractivity (Wildman–Crippen MR) is 414 cm³/mol. The van der Waals surface area contributed by atoms with Crippen LogP contribution in [-0.2, 0) is 65.4 Å². The van der Waals surface area contributed by atoms with Crippen molar-refractivity contribution in [3.8, 4) is 0 Å². The molecule has 0 radical (unpaired) electrons. The second kappa shape index (κ2) is 73.6. The van der Waals surface area contributed by atoms with E-state index in [1.54, 1.807) is 0 Å². The fraction of sp³-hybridized carbons (Fsp3) is 0.951. The van der Waals surface area contributed by atoms with Gasteiger partial charge in [0.15, 0.2) is 12.2 Å². The third-order valence-corrected chi connectivity index (χ3v) is 21.5. The van der Waals surface area contributed by atoms with Gasteiger partial charge in [-0.2, -0.15) is 0 Å². The highest BCUT2D eigenvalue weighted by Crippen LogP contribution is 2.45. The van der Waals surface area contributed by atoms with Gasteiger partial charge in [0.25, 0.3) is 0 Å². The Bertz CT molecular complexity index is 1940. The van der Waals surface area contributed by atoms with Crippen LogP contribution in [0.3, 0.4) is 0 Å². The minimum absolute atomic E-state index is 0.107. The summed E-state index contributed by atoms with van der Waals surface area (Å²) in [5.41, 5.74) is 0. The number of phosphoric ester groups is 2. The van der Waals surface area contributed by atoms with Gasteiger partial charge in [-0.05, 0) is 37.5 Å². The van der Waals surface area contributed by atoms with Crippen LogP contribution >= 0.6 is 15.6 Å². The summed E-state index contributed by atoms with van der Waals surface area (Å²) in [5, 5.41) is 10.6. The number of aliphatic hydroxyl groups is 1. The zero-order valence-electron chi connectivity index (χ0n) is 66.2. The normalized spacial score (nSPS) is 14.2. The van der Waals surface area contributed by atoms with Gasteiger partial charge in [-0.1, -0.05) is 382 Å². The largest absolute Gasteiger partial charge is 0.472 e. The fourth-order valence-corrected chi connectivity index (χ4v) is 14.3. The van der Waals surface area contributed by atoms with Crippen molar-refractivity contribution in [3.63, 3.8) is 0 Å². The zero-order valence-corrected chi connectivity index (χ0v) is 68.0. The molecule has 600 valence electrons. The first-order chi connectivity index (χ1) is 48.9. The molecule has 0 aromatic heterocycles. The first-order valence-corrected chi connectivity index (χ1v) is 45.5. The third kappa shape index (κ3) is 74.7. The first kappa shape index (κ1) is 99.1. The summed E-state index contributed by atoms with van der Waals surface area (Å²) >= 11 is 0. The van der Waals surface area contributed by atoms with Crippen molar-refractivity contribution < 1.29 is 80.2 Å². The lowest BCUT2D eigenvalue weighted by molar-refractivity contribution is -0.161. The molecule has 101 heavy (non-hydrogen) atoms. The number of rotatable bonds is 81. The molecule has 0 heterocycles. The van der Waals surface area contributed by atoms with E-state index in [1.165, 1.54) is 244 Å². The van der Waals surface area contributed by atoms with Crippen molar-refractivity contribution in [2.75, 3.05) is 39.6 Å². The molecule has 0 amide bonds. The highest BCUT2D eigenvalue weighted by atomic mass is 31.2. The van der Waals surface area contributed by atoms with E-state index in [9.17, 15) is 43.2 Å². The van der Waals surface area contributed by atoms with Crippen LogP contribution in [-0.4, -0.2) is 96.7 Å². The van der Waals surface area contributed by atoms with Crippen LogP contribution in [0.5, 0.6) is 0 Å². The highest BCUT2D eigenvalue weighted by Gasteiger charge is 2.30. The number of phosphoric acid groups is 2. The Hall–Kier alpha value is -1.94. The summed E-state index contributed by atoms with van der Waals surface area (Å²) in [4.78, 5) is 73.0. The Morgan fingerprint density at radius 1 is 0.287 bits per heavy atom. The number of carbonyl (C=O) groups is 4. The topological polar surface area (TPSA) is 237 Å². The van der Waals surface area contributed by atoms with Gasteiger partial charge in [0.1, 0.15) is 19.3 Å². The lowest BCUT2D eigenvalue weighted by atomic mass is 9.99. The number of hydrogen-bond donors (Lipinski definition) is 3. The molecule has 19 heteroatoms. The fourth-order valence-electron chi connectivity index (χ4n) is 12.7. The van der Waals surface area contributed by atoms with Gasteiger partial charge in [-0.3, -0.25) is 37.3 Å². The molecule has 0 spiro atoms. The van der Waals surface area contributed by atoms with Gasteiger partial charge in [0, 0.05) is 25.7 Å². The molecule has 3 N–H and O–H groups in total. The van der Waals surface area contributed by atoms with Gasteiger partial charge in [-0.15, -0.1) is 0 Å².